The van der Waals surface area contributed by atoms with Gasteiger partial charge in [-0.15, -0.1) is 0 Å². The zero-order valence-corrected chi connectivity index (χ0v) is 12.2. The molecule has 3 heteroatoms. The molecule has 0 atom stereocenters. The fraction of sp³-hybridized carbons (Fsp3) is 0.467. The largest absolute Gasteiger partial charge is 0.391 e. The molecule has 0 aliphatic carbocycles. The van der Waals surface area contributed by atoms with Crippen LogP contribution in [0.5, 0.6) is 0 Å². The summed E-state index contributed by atoms with van der Waals surface area (Å²) < 4.78 is 0.990. The Morgan fingerprint density at radius 2 is 1.94 bits per heavy atom. The minimum absolute atomic E-state index is 0.133. The number of hydrogen-bond donors (Lipinski definition) is 1. The molecule has 1 saturated heterocycles. The summed E-state index contributed by atoms with van der Waals surface area (Å²) in [5.41, 5.74) is 2.76. The molecule has 0 bridgehead atoms. The van der Waals surface area contributed by atoms with Gasteiger partial charge in [0.1, 0.15) is 0 Å². The third-order valence-electron chi connectivity index (χ3n) is 3.45. The number of halogens is 1. The molecular formula is C15H20BrNO. The van der Waals surface area contributed by atoms with Crippen LogP contribution >= 0.6 is 15.9 Å². The lowest BCUT2D eigenvalue weighted by Gasteiger charge is -2.19. The van der Waals surface area contributed by atoms with Gasteiger partial charge in [-0.1, -0.05) is 51.8 Å². The van der Waals surface area contributed by atoms with Crippen molar-refractivity contribution in [3.63, 3.8) is 0 Å². The first-order valence-corrected chi connectivity index (χ1v) is 7.32. The maximum Gasteiger partial charge on any atom is 0.0746 e. The highest BCUT2D eigenvalue weighted by Gasteiger charge is 2.14. The Kier molecular flexibility index (Phi) is 5.42. The van der Waals surface area contributed by atoms with Crippen LogP contribution < -0.4 is 0 Å². The first-order valence-electron chi connectivity index (χ1n) is 6.53. The van der Waals surface area contributed by atoms with Gasteiger partial charge in [-0.05, 0) is 31.4 Å². The Labute approximate surface area is 117 Å². The van der Waals surface area contributed by atoms with Crippen molar-refractivity contribution in [3.8, 4) is 0 Å². The molecule has 0 spiro atoms. The third kappa shape index (κ3) is 3.94. The van der Waals surface area contributed by atoms with Crippen molar-refractivity contribution >= 4 is 15.9 Å². The van der Waals surface area contributed by atoms with E-state index in [2.05, 4.69) is 51.2 Å². The van der Waals surface area contributed by atoms with Gasteiger partial charge in [0.05, 0.1) is 6.61 Å². The molecular weight excluding hydrogens is 290 g/mol. The molecule has 1 aliphatic heterocycles. The van der Waals surface area contributed by atoms with Crippen molar-refractivity contribution in [2.45, 2.75) is 25.8 Å². The number of nitrogens with zero attached hydrogens (tertiary/aromatic N) is 1. The molecule has 98 valence electrons. The van der Waals surface area contributed by atoms with Crippen LogP contribution in [0.1, 0.15) is 24.8 Å². The van der Waals surface area contributed by atoms with E-state index in [1.54, 1.807) is 0 Å². The normalized spacial score (nSPS) is 20.6. The molecule has 1 aromatic carbocycles. The smallest absolute Gasteiger partial charge is 0.0746 e. The SMILES string of the molecule is OC/C(Br)=C1/CCCN(Cc2ccccc2)CC1. The Bertz CT molecular complexity index is 402. The minimum Gasteiger partial charge on any atom is -0.391 e. The Balaban J connectivity index is 1.94. The number of likely N-dealkylation sites (tertiary alicyclic amines) is 1. The first-order chi connectivity index (χ1) is 8.79. The second kappa shape index (κ2) is 7.07. The highest BCUT2D eigenvalue weighted by atomic mass is 79.9. The Morgan fingerprint density at radius 3 is 2.67 bits per heavy atom. The highest BCUT2D eigenvalue weighted by Crippen LogP contribution is 2.24. The topological polar surface area (TPSA) is 23.5 Å². The molecule has 2 nitrogen and oxygen atoms in total. The van der Waals surface area contributed by atoms with E-state index in [0.717, 1.165) is 37.0 Å². The van der Waals surface area contributed by atoms with Crippen molar-refractivity contribution in [1.82, 2.24) is 4.90 Å². The number of aliphatic hydroxyl groups excluding tert-OH is 1. The molecule has 2 rings (SSSR count). The van der Waals surface area contributed by atoms with E-state index >= 15 is 0 Å². The lowest BCUT2D eigenvalue weighted by atomic mass is 10.1. The van der Waals surface area contributed by atoms with Crippen molar-refractivity contribution in [3.05, 3.63) is 46.0 Å². The fourth-order valence-corrected chi connectivity index (χ4v) is 2.83. The van der Waals surface area contributed by atoms with E-state index in [1.807, 2.05) is 0 Å². The Morgan fingerprint density at radius 1 is 1.17 bits per heavy atom. The molecule has 1 fully saturated rings. The molecule has 1 aromatic rings. The quantitative estimate of drug-likeness (QED) is 0.926. The predicted molar refractivity (Wildman–Crippen MR) is 78.6 cm³/mol. The van der Waals surface area contributed by atoms with Crippen LogP contribution in [-0.4, -0.2) is 29.7 Å². The second-order valence-corrected chi connectivity index (χ2v) is 5.74. The average molecular weight is 310 g/mol. The van der Waals surface area contributed by atoms with Crippen LogP contribution in [0.3, 0.4) is 0 Å². The molecule has 0 amide bonds. The van der Waals surface area contributed by atoms with Crippen LogP contribution in [0.4, 0.5) is 0 Å². The molecule has 0 aromatic heterocycles. The zero-order valence-electron chi connectivity index (χ0n) is 10.6. The van der Waals surface area contributed by atoms with E-state index in [-0.39, 0.29) is 6.61 Å². The van der Waals surface area contributed by atoms with E-state index in [9.17, 15) is 0 Å². The average Bonchev–Trinajstić information content (AvgIpc) is 2.65. The van der Waals surface area contributed by atoms with Crippen LogP contribution in [0.2, 0.25) is 0 Å². The van der Waals surface area contributed by atoms with Crippen LogP contribution in [0.15, 0.2) is 40.4 Å². The molecule has 18 heavy (non-hydrogen) atoms. The molecule has 0 saturated carbocycles. The van der Waals surface area contributed by atoms with Gasteiger partial charge < -0.3 is 5.11 Å². The summed E-state index contributed by atoms with van der Waals surface area (Å²) in [6, 6.07) is 10.6. The van der Waals surface area contributed by atoms with E-state index in [1.165, 1.54) is 17.6 Å². The van der Waals surface area contributed by atoms with Crippen molar-refractivity contribution in [2.75, 3.05) is 19.7 Å². The number of hydrogen-bond acceptors (Lipinski definition) is 2. The molecule has 1 N–H and O–H groups in total. The number of rotatable bonds is 3. The van der Waals surface area contributed by atoms with Gasteiger partial charge in [0.2, 0.25) is 0 Å². The van der Waals surface area contributed by atoms with Gasteiger partial charge in [-0.25, -0.2) is 0 Å². The van der Waals surface area contributed by atoms with Crippen molar-refractivity contribution in [2.24, 2.45) is 0 Å². The monoisotopic (exact) mass is 309 g/mol. The summed E-state index contributed by atoms with van der Waals surface area (Å²) in [5, 5.41) is 9.16. The van der Waals surface area contributed by atoms with Gasteiger partial charge in [0, 0.05) is 17.6 Å². The first kappa shape index (κ1) is 13.8. The zero-order chi connectivity index (χ0) is 12.8. The molecule has 1 aliphatic rings. The fourth-order valence-electron chi connectivity index (χ4n) is 2.43. The standard InChI is InChI=1S/C15H20BrNO/c16-15(12-18)14-7-4-9-17(10-8-14)11-13-5-2-1-3-6-13/h1-3,5-6,18H,4,7-12H2/b15-14+. The second-order valence-electron chi connectivity index (χ2n) is 4.78. The summed E-state index contributed by atoms with van der Waals surface area (Å²) in [7, 11) is 0. The lowest BCUT2D eigenvalue weighted by molar-refractivity contribution is 0.278. The molecule has 0 radical (unpaired) electrons. The van der Waals surface area contributed by atoms with Crippen LogP contribution in [-0.2, 0) is 6.54 Å². The third-order valence-corrected chi connectivity index (χ3v) is 4.27. The molecule has 0 unspecified atom stereocenters. The maximum absolute atomic E-state index is 9.16. The highest BCUT2D eigenvalue weighted by molar-refractivity contribution is 9.11. The maximum atomic E-state index is 9.16. The number of aliphatic hydroxyl groups is 1. The van der Waals surface area contributed by atoms with Crippen LogP contribution in [0, 0.1) is 0 Å². The van der Waals surface area contributed by atoms with Gasteiger partial charge in [-0.2, -0.15) is 0 Å². The number of benzene rings is 1. The van der Waals surface area contributed by atoms with Gasteiger partial charge in [0.25, 0.3) is 0 Å². The predicted octanol–water partition coefficient (Wildman–Crippen LogP) is 3.31. The van der Waals surface area contributed by atoms with Crippen molar-refractivity contribution < 1.29 is 5.11 Å². The van der Waals surface area contributed by atoms with E-state index in [0.29, 0.717) is 0 Å². The molecule has 1 heterocycles. The summed E-state index contributed by atoms with van der Waals surface area (Å²) >= 11 is 3.47. The van der Waals surface area contributed by atoms with Gasteiger partial charge in [-0.3, -0.25) is 4.90 Å². The summed E-state index contributed by atoms with van der Waals surface area (Å²) in [6.07, 6.45) is 3.34. The lowest BCUT2D eigenvalue weighted by Crippen LogP contribution is -2.23. The van der Waals surface area contributed by atoms with Gasteiger partial charge in [0.15, 0.2) is 0 Å². The summed E-state index contributed by atoms with van der Waals surface area (Å²) in [6.45, 7) is 3.39. The summed E-state index contributed by atoms with van der Waals surface area (Å²) in [4.78, 5) is 2.50. The Hall–Kier alpha value is -0.640. The van der Waals surface area contributed by atoms with E-state index < -0.39 is 0 Å². The van der Waals surface area contributed by atoms with E-state index in [4.69, 9.17) is 5.11 Å². The van der Waals surface area contributed by atoms with Gasteiger partial charge >= 0.3 is 0 Å². The summed E-state index contributed by atoms with van der Waals surface area (Å²) in [5.74, 6) is 0. The van der Waals surface area contributed by atoms with Crippen LogP contribution in [0.25, 0.3) is 0 Å². The van der Waals surface area contributed by atoms with Crippen molar-refractivity contribution in [1.29, 1.82) is 0 Å². The minimum atomic E-state index is 0.133.